The van der Waals surface area contributed by atoms with Gasteiger partial charge in [-0.15, -0.1) is 5.10 Å². The van der Waals surface area contributed by atoms with Crippen LogP contribution in [0.4, 0.5) is 16.3 Å². The molecule has 0 spiro atoms. The van der Waals surface area contributed by atoms with Gasteiger partial charge in [0.25, 0.3) is 0 Å². The van der Waals surface area contributed by atoms with Crippen LogP contribution in [0.5, 0.6) is 0 Å². The van der Waals surface area contributed by atoms with Crippen LogP contribution in [-0.2, 0) is 0 Å². The summed E-state index contributed by atoms with van der Waals surface area (Å²) in [7, 11) is 3.66. The molecule has 2 rings (SSSR count). The summed E-state index contributed by atoms with van der Waals surface area (Å²) in [5, 5.41) is 4.25. The minimum absolute atomic E-state index is 0.280. The van der Waals surface area contributed by atoms with E-state index in [9.17, 15) is 4.39 Å². The highest BCUT2D eigenvalue weighted by Gasteiger charge is 2.12. The highest BCUT2D eigenvalue weighted by atomic mass is 19.1. The Morgan fingerprint density at radius 1 is 1.35 bits per heavy atom. The van der Waals surface area contributed by atoms with Gasteiger partial charge in [-0.2, -0.15) is 9.67 Å². The largest absolute Gasteiger partial charge is 0.368 e. The van der Waals surface area contributed by atoms with Crippen LogP contribution in [0.1, 0.15) is 5.56 Å². The smallest absolute Gasteiger partial charge is 0.246 e. The number of anilines is 2. The molecule has 0 fully saturated rings. The Balaban J connectivity index is 2.52. The predicted molar refractivity (Wildman–Crippen MR) is 64.8 cm³/mol. The fourth-order valence-corrected chi connectivity index (χ4v) is 1.54. The van der Waals surface area contributed by atoms with E-state index in [0.717, 1.165) is 11.3 Å². The van der Waals surface area contributed by atoms with E-state index < -0.39 is 0 Å². The molecule has 0 atom stereocenters. The summed E-state index contributed by atoms with van der Waals surface area (Å²) >= 11 is 0. The molecule has 90 valence electrons. The first-order chi connectivity index (χ1) is 7.99. The third kappa shape index (κ3) is 2.06. The summed E-state index contributed by atoms with van der Waals surface area (Å²) in [6, 6.07) is 4.44. The summed E-state index contributed by atoms with van der Waals surface area (Å²) < 4.78 is 14.5. The van der Waals surface area contributed by atoms with Gasteiger partial charge in [-0.3, -0.25) is 0 Å². The monoisotopic (exact) mass is 235 g/mol. The summed E-state index contributed by atoms with van der Waals surface area (Å²) in [4.78, 5) is 5.87. The van der Waals surface area contributed by atoms with Crippen LogP contribution < -0.4 is 10.6 Å². The average molecular weight is 235 g/mol. The molecule has 0 aliphatic heterocycles. The van der Waals surface area contributed by atoms with Crippen LogP contribution in [0.2, 0.25) is 0 Å². The third-order valence-corrected chi connectivity index (χ3v) is 2.41. The second-order valence-corrected chi connectivity index (χ2v) is 4.01. The molecule has 0 aliphatic rings. The lowest BCUT2D eigenvalue weighted by Gasteiger charge is -2.07. The minimum Gasteiger partial charge on any atom is -0.368 e. The Labute approximate surface area is 98.7 Å². The number of aryl methyl sites for hydroxylation is 1. The number of hydrogen-bond acceptors (Lipinski definition) is 4. The molecule has 1 aromatic heterocycles. The Morgan fingerprint density at radius 2 is 2.06 bits per heavy atom. The third-order valence-electron chi connectivity index (χ3n) is 2.41. The van der Waals surface area contributed by atoms with E-state index in [4.69, 9.17) is 5.73 Å². The van der Waals surface area contributed by atoms with Crippen LogP contribution in [0.25, 0.3) is 5.69 Å². The standard InChI is InChI=1S/C11H14FN5/c1-7-6-8(12)4-5-9(7)17-10(13)14-11(15-17)16(2)3/h4-6H,1-3H3,(H2,13,14,15). The van der Waals surface area contributed by atoms with Crippen molar-refractivity contribution in [1.82, 2.24) is 14.8 Å². The number of nitrogen functional groups attached to an aromatic ring is 1. The van der Waals surface area contributed by atoms with Crippen molar-refractivity contribution in [3.8, 4) is 5.69 Å². The molecule has 0 saturated carbocycles. The highest BCUT2D eigenvalue weighted by molar-refractivity contribution is 5.46. The van der Waals surface area contributed by atoms with E-state index in [-0.39, 0.29) is 11.8 Å². The van der Waals surface area contributed by atoms with E-state index in [1.54, 1.807) is 17.9 Å². The molecule has 6 heteroatoms. The first kappa shape index (κ1) is 11.4. The number of rotatable bonds is 2. The molecule has 1 aromatic carbocycles. The normalized spacial score (nSPS) is 10.6. The summed E-state index contributed by atoms with van der Waals surface area (Å²) in [6.07, 6.45) is 0. The molecular weight excluding hydrogens is 221 g/mol. The van der Waals surface area contributed by atoms with E-state index in [2.05, 4.69) is 10.1 Å². The highest BCUT2D eigenvalue weighted by Crippen LogP contribution is 2.19. The lowest BCUT2D eigenvalue weighted by molar-refractivity contribution is 0.625. The molecule has 0 amide bonds. The van der Waals surface area contributed by atoms with Crippen molar-refractivity contribution in [2.45, 2.75) is 6.92 Å². The minimum atomic E-state index is -0.280. The number of hydrogen-bond donors (Lipinski definition) is 1. The van der Waals surface area contributed by atoms with Gasteiger partial charge in [-0.05, 0) is 30.7 Å². The second-order valence-electron chi connectivity index (χ2n) is 4.01. The van der Waals surface area contributed by atoms with Gasteiger partial charge in [-0.1, -0.05) is 0 Å². The van der Waals surface area contributed by atoms with Crippen molar-refractivity contribution in [2.75, 3.05) is 24.7 Å². The van der Waals surface area contributed by atoms with Crippen molar-refractivity contribution in [3.63, 3.8) is 0 Å². The molecule has 1 heterocycles. The summed E-state index contributed by atoms with van der Waals surface area (Å²) in [5.41, 5.74) is 7.27. The summed E-state index contributed by atoms with van der Waals surface area (Å²) in [6.45, 7) is 1.80. The molecule has 0 unspecified atom stereocenters. The molecule has 2 aromatic rings. The Hall–Kier alpha value is -2.11. The second kappa shape index (κ2) is 4.04. The van der Waals surface area contributed by atoms with E-state index in [0.29, 0.717) is 5.95 Å². The van der Waals surface area contributed by atoms with Gasteiger partial charge in [-0.25, -0.2) is 4.39 Å². The number of benzene rings is 1. The Kier molecular flexibility index (Phi) is 2.71. The quantitative estimate of drug-likeness (QED) is 0.853. The van der Waals surface area contributed by atoms with Crippen LogP contribution in [0, 0.1) is 12.7 Å². The van der Waals surface area contributed by atoms with Gasteiger partial charge in [0.1, 0.15) is 5.82 Å². The van der Waals surface area contributed by atoms with E-state index >= 15 is 0 Å². The van der Waals surface area contributed by atoms with Crippen LogP contribution in [0.3, 0.4) is 0 Å². The first-order valence-electron chi connectivity index (χ1n) is 5.15. The molecule has 2 N–H and O–H groups in total. The maximum absolute atomic E-state index is 13.0. The Bertz CT molecular complexity index is 547. The zero-order valence-corrected chi connectivity index (χ0v) is 9.98. The molecule has 0 radical (unpaired) electrons. The number of aromatic nitrogens is 3. The zero-order valence-electron chi connectivity index (χ0n) is 9.98. The first-order valence-corrected chi connectivity index (χ1v) is 5.15. The number of halogens is 1. The lowest BCUT2D eigenvalue weighted by Crippen LogP contribution is -2.11. The summed E-state index contributed by atoms with van der Waals surface area (Å²) in [5.74, 6) is 0.521. The lowest BCUT2D eigenvalue weighted by atomic mass is 10.2. The fourth-order valence-electron chi connectivity index (χ4n) is 1.54. The molecule has 5 nitrogen and oxygen atoms in total. The molecule has 17 heavy (non-hydrogen) atoms. The fraction of sp³-hybridized carbons (Fsp3) is 0.273. The Morgan fingerprint density at radius 3 is 2.59 bits per heavy atom. The van der Waals surface area contributed by atoms with Crippen molar-refractivity contribution in [3.05, 3.63) is 29.6 Å². The van der Waals surface area contributed by atoms with E-state index in [1.165, 1.54) is 16.8 Å². The van der Waals surface area contributed by atoms with Crippen LogP contribution >= 0.6 is 0 Å². The molecular formula is C11H14FN5. The van der Waals surface area contributed by atoms with Gasteiger partial charge in [0, 0.05) is 14.1 Å². The van der Waals surface area contributed by atoms with Gasteiger partial charge in [0.2, 0.25) is 11.9 Å². The number of nitrogens with two attached hydrogens (primary N) is 1. The zero-order chi connectivity index (χ0) is 12.6. The predicted octanol–water partition coefficient (Wildman–Crippen LogP) is 1.36. The maximum atomic E-state index is 13.0. The van der Waals surface area contributed by atoms with Crippen molar-refractivity contribution < 1.29 is 4.39 Å². The van der Waals surface area contributed by atoms with Crippen molar-refractivity contribution >= 4 is 11.9 Å². The van der Waals surface area contributed by atoms with Gasteiger partial charge in [0.05, 0.1) is 5.69 Å². The molecule has 0 bridgehead atoms. The maximum Gasteiger partial charge on any atom is 0.246 e. The van der Waals surface area contributed by atoms with Crippen LogP contribution in [-0.4, -0.2) is 28.9 Å². The van der Waals surface area contributed by atoms with E-state index in [1.807, 2.05) is 14.1 Å². The average Bonchev–Trinajstić information content (AvgIpc) is 2.61. The van der Waals surface area contributed by atoms with Crippen molar-refractivity contribution in [2.24, 2.45) is 0 Å². The van der Waals surface area contributed by atoms with Gasteiger partial charge in [0.15, 0.2) is 0 Å². The van der Waals surface area contributed by atoms with Crippen LogP contribution in [0.15, 0.2) is 18.2 Å². The van der Waals surface area contributed by atoms with Gasteiger partial charge < -0.3 is 10.6 Å². The molecule has 0 saturated heterocycles. The van der Waals surface area contributed by atoms with Gasteiger partial charge >= 0.3 is 0 Å². The van der Waals surface area contributed by atoms with Crippen molar-refractivity contribution in [1.29, 1.82) is 0 Å². The number of nitrogens with zero attached hydrogens (tertiary/aromatic N) is 4. The SMILES string of the molecule is Cc1cc(F)ccc1-n1nc(N(C)C)nc1N. The molecule has 0 aliphatic carbocycles. The topological polar surface area (TPSA) is 60.0 Å².